The number of rotatable bonds is 6. The number of aromatic nitrogens is 4. The van der Waals surface area contributed by atoms with E-state index in [2.05, 4.69) is 20.2 Å². The molecule has 4 aromatic rings. The Morgan fingerprint density at radius 1 is 1.08 bits per heavy atom. The Balaban J connectivity index is 1.56. The SMILES string of the molecule is COc1ccc(CC(OC)c2nnc(-c3ccc4[nH]cnc4c3)s2)cc1. The van der Waals surface area contributed by atoms with Crippen LogP contribution in [0.25, 0.3) is 21.6 Å². The van der Waals surface area contributed by atoms with E-state index in [0.717, 1.165) is 44.3 Å². The van der Waals surface area contributed by atoms with Crippen molar-refractivity contribution in [2.45, 2.75) is 12.5 Å². The summed E-state index contributed by atoms with van der Waals surface area (Å²) < 4.78 is 10.9. The van der Waals surface area contributed by atoms with Gasteiger partial charge < -0.3 is 14.5 Å². The third-order valence-corrected chi connectivity index (χ3v) is 5.31. The van der Waals surface area contributed by atoms with Crippen LogP contribution in [0, 0.1) is 0 Å². The summed E-state index contributed by atoms with van der Waals surface area (Å²) in [5.74, 6) is 0.842. The molecule has 0 aliphatic carbocycles. The third kappa shape index (κ3) is 3.31. The molecule has 26 heavy (non-hydrogen) atoms. The summed E-state index contributed by atoms with van der Waals surface area (Å²) in [6.07, 6.45) is 2.28. The molecule has 0 aliphatic heterocycles. The molecular formula is C19H18N4O2S. The van der Waals surface area contributed by atoms with Crippen LogP contribution in [0.15, 0.2) is 48.8 Å². The number of hydrogen-bond acceptors (Lipinski definition) is 6. The number of ether oxygens (including phenoxy) is 2. The van der Waals surface area contributed by atoms with Gasteiger partial charge in [0.15, 0.2) is 0 Å². The first-order valence-corrected chi connectivity index (χ1v) is 9.01. The summed E-state index contributed by atoms with van der Waals surface area (Å²) in [7, 11) is 3.36. The van der Waals surface area contributed by atoms with Crippen LogP contribution in [0.3, 0.4) is 0 Å². The van der Waals surface area contributed by atoms with E-state index in [1.54, 1.807) is 31.9 Å². The lowest BCUT2D eigenvalue weighted by Gasteiger charge is -2.12. The molecule has 2 aromatic carbocycles. The predicted molar refractivity (Wildman–Crippen MR) is 101 cm³/mol. The number of imidazole rings is 1. The molecule has 1 atom stereocenters. The second-order valence-electron chi connectivity index (χ2n) is 5.86. The van der Waals surface area contributed by atoms with Gasteiger partial charge in [-0.05, 0) is 35.9 Å². The van der Waals surface area contributed by atoms with Crippen LogP contribution < -0.4 is 4.74 Å². The molecule has 132 valence electrons. The van der Waals surface area contributed by atoms with Crippen LogP contribution in [0.4, 0.5) is 0 Å². The Morgan fingerprint density at radius 2 is 1.92 bits per heavy atom. The van der Waals surface area contributed by atoms with Crippen molar-refractivity contribution in [3.05, 3.63) is 59.4 Å². The lowest BCUT2D eigenvalue weighted by molar-refractivity contribution is 0.103. The summed E-state index contributed by atoms with van der Waals surface area (Å²) in [6, 6.07) is 14.0. The number of benzene rings is 2. The Morgan fingerprint density at radius 3 is 2.69 bits per heavy atom. The molecule has 0 fully saturated rings. The van der Waals surface area contributed by atoms with Crippen molar-refractivity contribution in [2.75, 3.05) is 14.2 Å². The maximum Gasteiger partial charge on any atom is 0.147 e. The summed E-state index contributed by atoms with van der Waals surface area (Å²) in [5.41, 5.74) is 4.09. The molecule has 2 heterocycles. The van der Waals surface area contributed by atoms with Gasteiger partial charge in [-0.15, -0.1) is 10.2 Å². The average molecular weight is 366 g/mol. The standard InChI is InChI=1S/C19H18N4O2S/c1-24-14-6-3-12(4-7-14)9-17(25-2)19-23-22-18(26-19)13-5-8-15-16(10-13)21-11-20-15/h3-8,10-11,17H,9H2,1-2H3,(H,20,21). The number of H-pyrrole nitrogens is 1. The molecule has 0 bridgehead atoms. The topological polar surface area (TPSA) is 72.9 Å². The van der Waals surface area contributed by atoms with Gasteiger partial charge in [0.05, 0.1) is 24.5 Å². The quantitative estimate of drug-likeness (QED) is 0.558. The van der Waals surface area contributed by atoms with Crippen molar-refractivity contribution in [2.24, 2.45) is 0 Å². The van der Waals surface area contributed by atoms with Gasteiger partial charge >= 0.3 is 0 Å². The Hall–Kier alpha value is -2.77. The smallest absolute Gasteiger partial charge is 0.147 e. The minimum Gasteiger partial charge on any atom is -0.497 e. The van der Waals surface area contributed by atoms with Gasteiger partial charge in [0, 0.05) is 19.1 Å². The molecule has 7 heteroatoms. The second-order valence-corrected chi connectivity index (χ2v) is 6.87. The van der Waals surface area contributed by atoms with E-state index in [-0.39, 0.29) is 6.10 Å². The van der Waals surface area contributed by atoms with Crippen LogP contribution in [0.1, 0.15) is 16.7 Å². The van der Waals surface area contributed by atoms with Gasteiger partial charge in [0.2, 0.25) is 0 Å². The summed E-state index contributed by atoms with van der Waals surface area (Å²) in [5, 5.41) is 10.4. The number of fused-ring (bicyclic) bond motifs is 1. The number of hydrogen-bond donors (Lipinski definition) is 1. The molecule has 0 spiro atoms. The Kier molecular flexibility index (Phi) is 4.64. The molecule has 1 N–H and O–H groups in total. The summed E-state index contributed by atoms with van der Waals surface area (Å²) in [4.78, 5) is 7.39. The first kappa shape index (κ1) is 16.7. The highest BCUT2D eigenvalue weighted by molar-refractivity contribution is 7.14. The fourth-order valence-corrected chi connectivity index (χ4v) is 3.71. The molecular weight excluding hydrogens is 348 g/mol. The van der Waals surface area contributed by atoms with Gasteiger partial charge in [-0.1, -0.05) is 23.5 Å². The van der Waals surface area contributed by atoms with Gasteiger partial charge in [0.25, 0.3) is 0 Å². The molecule has 0 saturated carbocycles. The van der Waals surface area contributed by atoms with E-state index in [1.165, 1.54) is 0 Å². The Labute approximate surface area is 154 Å². The lowest BCUT2D eigenvalue weighted by Crippen LogP contribution is -2.05. The van der Waals surface area contributed by atoms with Crippen LogP contribution in [-0.4, -0.2) is 34.4 Å². The number of nitrogens with one attached hydrogen (secondary N) is 1. The van der Waals surface area contributed by atoms with E-state index in [4.69, 9.17) is 9.47 Å². The number of aromatic amines is 1. The van der Waals surface area contributed by atoms with Crippen LogP contribution in [0.2, 0.25) is 0 Å². The summed E-state index contributed by atoms with van der Waals surface area (Å²) in [6.45, 7) is 0. The van der Waals surface area contributed by atoms with E-state index in [0.29, 0.717) is 0 Å². The first-order chi connectivity index (χ1) is 12.8. The molecule has 0 aliphatic rings. The minimum atomic E-state index is -0.135. The highest BCUT2D eigenvalue weighted by atomic mass is 32.1. The minimum absolute atomic E-state index is 0.135. The maximum atomic E-state index is 5.66. The van der Waals surface area contributed by atoms with Crippen molar-refractivity contribution >= 4 is 22.4 Å². The molecule has 0 saturated heterocycles. The fraction of sp³-hybridized carbons (Fsp3) is 0.211. The molecule has 6 nitrogen and oxygen atoms in total. The van der Waals surface area contributed by atoms with Gasteiger partial charge in [0.1, 0.15) is 21.9 Å². The van der Waals surface area contributed by atoms with E-state index >= 15 is 0 Å². The average Bonchev–Trinajstić information content (AvgIpc) is 3.35. The van der Waals surface area contributed by atoms with Crippen molar-refractivity contribution in [1.29, 1.82) is 0 Å². The highest BCUT2D eigenvalue weighted by Crippen LogP contribution is 2.31. The molecule has 2 aromatic heterocycles. The third-order valence-electron chi connectivity index (χ3n) is 4.25. The zero-order valence-corrected chi connectivity index (χ0v) is 15.3. The normalized spacial score (nSPS) is 12.4. The van der Waals surface area contributed by atoms with E-state index < -0.39 is 0 Å². The van der Waals surface area contributed by atoms with E-state index in [1.807, 2.05) is 42.5 Å². The van der Waals surface area contributed by atoms with E-state index in [9.17, 15) is 0 Å². The predicted octanol–water partition coefficient (Wildman–Crippen LogP) is 4.02. The van der Waals surface area contributed by atoms with Gasteiger partial charge in [-0.25, -0.2) is 4.98 Å². The lowest BCUT2D eigenvalue weighted by atomic mass is 10.1. The highest BCUT2D eigenvalue weighted by Gasteiger charge is 2.18. The largest absolute Gasteiger partial charge is 0.497 e. The fourth-order valence-electron chi connectivity index (χ4n) is 2.79. The van der Waals surface area contributed by atoms with Gasteiger partial charge in [-0.3, -0.25) is 0 Å². The molecule has 0 radical (unpaired) electrons. The molecule has 0 amide bonds. The zero-order chi connectivity index (χ0) is 17.9. The van der Waals surface area contributed by atoms with Crippen LogP contribution in [0.5, 0.6) is 5.75 Å². The first-order valence-electron chi connectivity index (χ1n) is 8.19. The maximum absolute atomic E-state index is 5.66. The van der Waals surface area contributed by atoms with Crippen LogP contribution in [-0.2, 0) is 11.2 Å². The number of nitrogens with zero attached hydrogens (tertiary/aromatic N) is 3. The molecule has 4 rings (SSSR count). The van der Waals surface area contributed by atoms with Crippen molar-refractivity contribution in [1.82, 2.24) is 20.2 Å². The number of methoxy groups -OCH3 is 2. The monoisotopic (exact) mass is 366 g/mol. The summed E-state index contributed by atoms with van der Waals surface area (Å²) >= 11 is 1.55. The van der Waals surface area contributed by atoms with Crippen molar-refractivity contribution < 1.29 is 9.47 Å². The van der Waals surface area contributed by atoms with Crippen molar-refractivity contribution in [3.63, 3.8) is 0 Å². The zero-order valence-electron chi connectivity index (χ0n) is 14.5. The van der Waals surface area contributed by atoms with Gasteiger partial charge in [-0.2, -0.15) is 0 Å². The van der Waals surface area contributed by atoms with Crippen molar-refractivity contribution in [3.8, 4) is 16.3 Å². The molecule has 1 unspecified atom stereocenters. The van der Waals surface area contributed by atoms with Crippen LogP contribution >= 0.6 is 11.3 Å². The second kappa shape index (κ2) is 7.23. The Bertz CT molecular complexity index is 1010.